The summed E-state index contributed by atoms with van der Waals surface area (Å²) in [6.45, 7) is 8.10. The molecule has 1 aromatic heterocycles. The van der Waals surface area contributed by atoms with Crippen molar-refractivity contribution in [2.75, 3.05) is 19.6 Å². The first-order valence-corrected chi connectivity index (χ1v) is 7.24. The van der Waals surface area contributed by atoms with E-state index in [1.165, 1.54) is 6.42 Å². The molecule has 21 heavy (non-hydrogen) atoms. The maximum Gasteiger partial charge on any atom is 0.0890 e. The Kier molecular flexibility index (Phi) is 4.81. The lowest BCUT2D eigenvalue weighted by atomic mass is 9.90. The second kappa shape index (κ2) is 6.26. The third-order valence-corrected chi connectivity index (χ3v) is 4.35. The molecule has 0 bridgehead atoms. The first kappa shape index (κ1) is 16.1. The third kappa shape index (κ3) is 3.34. The SMILES string of the molecule is Cc1nc2ccccc2nc1CN1CCC(C)(CN)C1.Cl. The molecule has 0 radical (unpaired) electrons. The Bertz CT molecular complexity index is 631. The van der Waals surface area contributed by atoms with Crippen LogP contribution in [-0.4, -0.2) is 34.5 Å². The van der Waals surface area contributed by atoms with Crippen LogP contribution in [0.25, 0.3) is 11.0 Å². The fraction of sp³-hybridized carbons (Fsp3) is 0.500. The number of para-hydroxylation sites is 2. The summed E-state index contributed by atoms with van der Waals surface area (Å²) in [5.41, 5.74) is 10.2. The summed E-state index contributed by atoms with van der Waals surface area (Å²) in [5, 5.41) is 0. The second-order valence-electron chi connectivity index (χ2n) is 6.22. The van der Waals surface area contributed by atoms with Gasteiger partial charge in [0.1, 0.15) is 0 Å². The zero-order valence-corrected chi connectivity index (χ0v) is 13.5. The lowest BCUT2D eigenvalue weighted by Gasteiger charge is -2.22. The van der Waals surface area contributed by atoms with Crippen LogP contribution in [0.4, 0.5) is 0 Å². The van der Waals surface area contributed by atoms with Gasteiger partial charge < -0.3 is 5.73 Å². The van der Waals surface area contributed by atoms with E-state index in [9.17, 15) is 0 Å². The highest BCUT2D eigenvalue weighted by Gasteiger charge is 2.32. The number of fused-ring (bicyclic) bond motifs is 1. The molecule has 1 unspecified atom stereocenters. The van der Waals surface area contributed by atoms with Gasteiger partial charge in [0, 0.05) is 13.1 Å². The number of nitrogens with two attached hydrogens (primary N) is 1. The maximum atomic E-state index is 5.87. The van der Waals surface area contributed by atoms with E-state index in [1.807, 2.05) is 31.2 Å². The van der Waals surface area contributed by atoms with Crippen LogP contribution in [0.15, 0.2) is 24.3 Å². The van der Waals surface area contributed by atoms with Crippen molar-refractivity contribution in [2.45, 2.75) is 26.8 Å². The van der Waals surface area contributed by atoms with Crippen molar-refractivity contribution in [3.8, 4) is 0 Å². The van der Waals surface area contributed by atoms with Crippen molar-refractivity contribution in [1.29, 1.82) is 0 Å². The molecule has 1 aliphatic rings. The summed E-state index contributed by atoms with van der Waals surface area (Å²) in [5.74, 6) is 0. The molecule has 0 saturated carbocycles. The van der Waals surface area contributed by atoms with E-state index < -0.39 is 0 Å². The molecule has 2 N–H and O–H groups in total. The summed E-state index contributed by atoms with van der Waals surface area (Å²) in [7, 11) is 0. The number of hydrogen-bond acceptors (Lipinski definition) is 4. The number of halogens is 1. The number of rotatable bonds is 3. The largest absolute Gasteiger partial charge is 0.330 e. The smallest absolute Gasteiger partial charge is 0.0890 e. The van der Waals surface area contributed by atoms with Crippen LogP contribution < -0.4 is 5.73 Å². The van der Waals surface area contributed by atoms with Crippen molar-refractivity contribution in [1.82, 2.24) is 14.9 Å². The van der Waals surface area contributed by atoms with E-state index in [-0.39, 0.29) is 17.8 Å². The summed E-state index contributed by atoms with van der Waals surface area (Å²) in [4.78, 5) is 11.9. The number of aromatic nitrogens is 2. The molecule has 5 heteroatoms. The molecule has 1 atom stereocenters. The number of hydrogen-bond donors (Lipinski definition) is 1. The molecular weight excluding hydrogens is 284 g/mol. The molecule has 2 aromatic rings. The van der Waals surface area contributed by atoms with Gasteiger partial charge in [-0.15, -0.1) is 12.4 Å². The molecule has 1 fully saturated rings. The Hall–Kier alpha value is -1.23. The van der Waals surface area contributed by atoms with Crippen LogP contribution in [0.2, 0.25) is 0 Å². The van der Waals surface area contributed by atoms with Gasteiger partial charge in [0.2, 0.25) is 0 Å². The van der Waals surface area contributed by atoms with Crippen molar-refractivity contribution >= 4 is 23.4 Å². The van der Waals surface area contributed by atoms with Gasteiger partial charge >= 0.3 is 0 Å². The van der Waals surface area contributed by atoms with Gasteiger partial charge in [0.05, 0.1) is 22.4 Å². The van der Waals surface area contributed by atoms with Crippen LogP contribution in [0, 0.1) is 12.3 Å². The van der Waals surface area contributed by atoms with E-state index >= 15 is 0 Å². The summed E-state index contributed by atoms with van der Waals surface area (Å²) < 4.78 is 0. The quantitative estimate of drug-likeness (QED) is 0.947. The summed E-state index contributed by atoms with van der Waals surface area (Å²) in [6.07, 6.45) is 1.17. The molecule has 0 amide bonds. The van der Waals surface area contributed by atoms with Crippen LogP contribution in [0.3, 0.4) is 0 Å². The van der Waals surface area contributed by atoms with Gasteiger partial charge in [-0.1, -0.05) is 19.1 Å². The molecular formula is C16H23ClN4. The van der Waals surface area contributed by atoms with E-state index in [2.05, 4.69) is 16.8 Å². The fourth-order valence-electron chi connectivity index (χ4n) is 2.91. The van der Waals surface area contributed by atoms with Gasteiger partial charge in [-0.2, -0.15) is 0 Å². The van der Waals surface area contributed by atoms with Gasteiger partial charge in [-0.25, -0.2) is 9.97 Å². The van der Waals surface area contributed by atoms with Crippen molar-refractivity contribution in [3.05, 3.63) is 35.7 Å². The summed E-state index contributed by atoms with van der Waals surface area (Å²) in [6, 6.07) is 8.06. The number of aryl methyl sites for hydroxylation is 1. The first-order chi connectivity index (χ1) is 9.59. The predicted octanol–water partition coefficient (Wildman–Crippen LogP) is 2.53. The highest BCUT2D eigenvalue weighted by atomic mass is 35.5. The predicted molar refractivity (Wildman–Crippen MR) is 88.6 cm³/mol. The molecule has 114 valence electrons. The van der Waals surface area contributed by atoms with Crippen LogP contribution in [0.1, 0.15) is 24.7 Å². The number of likely N-dealkylation sites (tertiary alicyclic amines) is 1. The lowest BCUT2D eigenvalue weighted by Crippen LogP contribution is -2.31. The normalized spacial score (nSPS) is 22.4. The Labute approximate surface area is 132 Å². The Balaban J connectivity index is 0.00000161. The van der Waals surface area contributed by atoms with Crippen LogP contribution >= 0.6 is 12.4 Å². The average Bonchev–Trinajstić information content (AvgIpc) is 2.82. The zero-order chi connectivity index (χ0) is 14.2. The third-order valence-electron chi connectivity index (χ3n) is 4.35. The minimum Gasteiger partial charge on any atom is -0.330 e. The van der Waals surface area contributed by atoms with E-state index in [4.69, 9.17) is 10.7 Å². The van der Waals surface area contributed by atoms with E-state index in [0.717, 1.165) is 48.6 Å². The molecule has 2 heterocycles. The van der Waals surface area contributed by atoms with Gasteiger partial charge in [0.15, 0.2) is 0 Å². The molecule has 0 aliphatic carbocycles. The van der Waals surface area contributed by atoms with E-state index in [1.54, 1.807) is 0 Å². The van der Waals surface area contributed by atoms with Crippen molar-refractivity contribution < 1.29 is 0 Å². The Morgan fingerprint density at radius 3 is 2.52 bits per heavy atom. The number of nitrogens with zero attached hydrogens (tertiary/aromatic N) is 3. The van der Waals surface area contributed by atoms with Crippen LogP contribution in [-0.2, 0) is 6.54 Å². The number of benzene rings is 1. The highest BCUT2D eigenvalue weighted by Crippen LogP contribution is 2.29. The van der Waals surface area contributed by atoms with Crippen LogP contribution in [0.5, 0.6) is 0 Å². The van der Waals surface area contributed by atoms with Gasteiger partial charge in [0.25, 0.3) is 0 Å². The molecule has 4 nitrogen and oxygen atoms in total. The lowest BCUT2D eigenvalue weighted by molar-refractivity contribution is 0.271. The molecule has 3 rings (SSSR count). The molecule has 1 aliphatic heterocycles. The fourth-order valence-corrected chi connectivity index (χ4v) is 2.91. The zero-order valence-electron chi connectivity index (χ0n) is 12.7. The van der Waals surface area contributed by atoms with Gasteiger partial charge in [-0.05, 0) is 44.0 Å². The minimum absolute atomic E-state index is 0. The summed E-state index contributed by atoms with van der Waals surface area (Å²) >= 11 is 0. The first-order valence-electron chi connectivity index (χ1n) is 7.24. The van der Waals surface area contributed by atoms with Gasteiger partial charge in [-0.3, -0.25) is 4.90 Å². The van der Waals surface area contributed by atoms with Crippen molar-refractivity contribution in [3.63, 3.8) is 0 Å². The molecule has 1 aromatic carbocycles. The highest BCUT2D eigenvalue weighted by molar-refractivity contribution is 5.85. The maximum absolute atomic E-state index is 5.87. The Morgan fingerprint density at radius 1 is 1.24 bits per heavy atom. The Morgan fingerprint density at radius 2 is 1.90 bits per heavy atom. The molecule has 0 spiro atoms. The topological polar surface area (TPSA) is 55.0 Å². The van der Waals surface area contributed by atoms with E-state index in [0.29, 0.717) is 0 Å². The van der Waals surface area contributed by atoms with Crippen molar-refractivity contribution in [2.24, 2.45) is 11.1 Å². The second-order valence-corrected chi connectivity index (χ2v) is 6.22. The minimum atomic E-state index is 0. The molecule has 1 saturated heterocycles. The monoisotopic (exact) mass is 306 g/mol. The average molecular weight is 307 g/mol. The standard InChI is InChI=1S/C16H22N4.ClH/c1-12-15(9-20-8-7-16(2,10-17)11-20)19-14-6-4-3-5-13(14)18-12;/h3-6H,7-11,17H2,1-2H3;1H.